The summed E-state index contributed by atoms with van der Waals surface area (Å²) in [5, 5.41) is 0. The van der Waals surface area contributed by atoms with E-state index in [0.717, 1.165) is 5.56 Å². The molecule has 0 radical (unpaired) electrons. The fourth-order valence-electron chi connectivity index (χ4n) is 4.54. The Bertz CT molecular complexity index is 1500. The lowest BCUT2D eigenvalue weighted by Gasteiger charge is -2.14. The Hall–Kier alpha value is -4.17. The molecule has 1 fully saturated rings. The second-order valence-electron chi connectivity index (χ2n) is 9.74. The van der Waals surface area contributed by atoms with E-state index in [-0.39, 0.29) is 30.2 Å². The van der Waals surface area contributed by atoms with Crippen molar-refractivity contribution in [1.29, 1.82) is 0 Å². The molecule has 0 aliphatic heterocycles. The predicted molar refractivity (Wildman–Crippen MR) is 144 cm³/mol. The van der Waals surface area contributed by atoms with Gasteiger partial charge >= 0.3 is 0 Å². The average Bonchev–Trinajstić information content (AvgIpc) is 3.74. The van der Waals surface area contributed by atoms with Crippen LogP contribution in [0.25, 0.3) is 11.0 Å². The lowest BCUT2D eigenvalue weighted by Crippen LogP contribution is -2.28. The van der Waals surface area contributed by atoms with Gasteiger partial charge in [-0.05, 0) is 55.2 Å². The van der Waals surface area contributed by atoms with Crippen LogP contribution in [0.2, 0.25) is 0 Å². The number of benzene rings is 2. The van der Waals surface area contributed by atoms with Crippen LogP contribution in [0.15, 0.2) is 66.9 Å². The van der Waals surface area contributed by atoms with E-state index in [1.165, 1.54) is 12.1 Å². The van der Waals surface area contributed by atoms with Crippen molar-refractivity contribution < 1.29 is 28.2 Å². The monoisotopic (exact) mass is 528 g/mol. The smallest absolute Gasteiger partial charge is 0.156 e. The first-order valence-corrected chi connectivity index (χ1v) is 12.8. The zero-order valence-electron chi connectivity index (χ0n) is 21.9. The van der Waals surface area contributed by atoms with E-state index in [9.17, 15) is 14.0 Å². The van der Waals surface area contributed by atoms with Gasteiger partial charge in [0.05, 0.1) is 23.2 Å². The minimum atomic E-state index is -0.921. The number of carbonyl (C=O) groups excluding carboxylic acids is 2. The van der Waals surface area contributed by atoms with Gasteiger partial charge in [-0.25, -0.2) is 9.37 Å². The normalized spacial score (nSPS) is 13.7. The summed E-state index contributed by atoms with van der Waals surface area (Å²) in [6.07, 6.45) is 3.08. The third-order valence-electron chi connectivity index (χ3n) is 6.98. The standard InChI is InChI=1S/C31H29FN2O5/c1-20-27(38-16-15-37-2)19-25-30(34-20)26(11-14-33-25)39-24-9-5-22(6-10-24)18-29(36)31(12-13-31)28(35)17-21-3-7-23(32)8-4-21/h3-11,14,19H,12-13,15-18H2,1-2H3. The van der Waals surface area contributed by atoms with E-state index in [4.69, 9.17) is 14.2 Å². The number of aromatic nitrogens is 2. The Labute approximate surface area is 226 Å². The largest absolute Gasteiger partial charge is 0.489 e. The van der Waals surface area contributed by atoms with Crippen LogP contribution in [0.1, 0.15) is 29.7 Å². The molecule has 2 aromatic carbocycles. The molecule has 7 nitrogen and oxygen atoms in total. The molecule has 0 spiro atoms. The van der Waals surface area contributed by atoms with Gasteiger partial charge in [-0.2, -0.15) is 0 Å². The molecule has 0 saturated heterocycles. The molecule has 4 aromatic rings. The van der Waals surface area contributed by atoms with Gasteiger partial charge in [0.25, 0.3) is 0 Å². The number of hydrogen-bond donors (Lipinski definition) is 0. The number of pyridine rings is 2. The maximum absolute atomic E-state index is 13.2. The van der Waals surface area contributed by atoms with Crippen molar-refractivity contribution in [3.05, 3.63) is 89.5 Å². The highest BCUT2D eigenvalue weighted by Crippen LogP contribution is 2.48. The summed E-state index contributed by atoms with van der Waals surface area (Å²) in [6, 6.07) is 16.7. The van der Waals surface area contributed by atoms with Crippen LogP contribution < -0.4 is 9.47 Å². The number of Topliss-reactive ketones (excluding diaryl/α,β-unsaturated/α-hetero) is 2. The van der Waals surface area contributed by atoms with Crippen molar-refractivity contribution in [2.75, 3.05) is 20.3 Å². The topological polar surface area (TPSA) is 87.6 Å². The minimum absolute atomic E-state index is 0.0772. The number of nitrogens with zero attached hydrogens (tertiary/aromatic N) is 2. The molecule has 1 aliphatic rings. The van der Waals surface area contributed by atoms with Gasteiger partial charge in [0.1, 0.15) is 29.4 Å². The van der Waals surface area contributed by atoms with E-state index in [2.05, 4.69) is 9.97 Å². The summed E-state index contributed by atoms with van der Waals surface area (Å²) in [4.78, 5) is 35.1. The van der Waals surface area contributed by atoms with Gasteiger partial charge in [-0.3, -0.25) is 14.6 Å². The van der Waals surface area contributed by atoms with Crippen LogP contribution in [0, 0.1) is 18.2 Å². The van der Waals surface area contributed by atoms with Gasteiger partial charge < -0.3 is 14.2 Å². The zero-order chi connectivity index (χ0) is 27.4. The molecule has 0 N–H and O–H groups in total. The Morgan fingerprint density at radius 3 is 2.15 bits per heavy atom. The van der Waals surface area contributed by atoms with E-state index in [0.29, 0.717) is 65.6 Å². The second kappa shape index (κ2) is 11.3. The lowest BCUT2D eigenvalue weighted by atomic mass is 9.88. The van der Waals surface area contributed by atoms with Crippen LogP contribution in [0.5, 0.6) is 17.2 Å². The van der Waals surface area contributed by atoms with Gasteiger partial charge in [-0.1, -0.05) is 24.3 Å². The Kier molecular flexibility index (Phi) is 7.65. The van der Waals surface area contributed by atoms with Gasteiger partial charge in [0.2, 0.25) is 0 Å². The van der Waals surface area contributed by atoms with Gasteiger partial charge in [0, 0.05) is 38.3 Å². The molecule has 5 rings (SSSR count). The molecular formula is C31H29FN2O5. The van der Waals surface area contributed by atoms with Crippen LogP contribution >= 0.6 is 0 Å². The third kappa shape index (κ3) is 5.96. The van der Waals surface area contributed by atoms with Gasteiger partial charge in [0.15, 0.2) is 17.3 Å². The molecular weight excluding hydrogens is 499 g/mol. The molecule has 39 heavy (non-hydrogen) atoms. The highest BCUT2D eigenvalue weighted by Gasteiger charge is 2.54. The van der Waals surface area contributed by atoms with E-state index < -0.39 is 5.41 Å². The number of methoxy groups -OCH3 is 1. The zero-order valence-corrected chi connectivity index (χ0v) is 21.9. The Balaban J connectivity index is 1.24. The first-order chi connectivity index (χ1) is 18.9. The number of halogens is 1. The predicted octanol–water partition coefficient (Wildman–Crippen LogP) is 5.60. The Morgan fingerprint density at radius 1 is 0.897 bits per heavy atom. The average molecular weight is 529 g/mol. The van der Waals surface area contributed by atoms with Crippen molar-refractivity contribution in [1.82, 2.24) is 9.97 Å². The molecule has 0 bridgehead atoms. The molecule has 200 valence electrons. The molecule has 1 saturated carbocycles. The number of carbonyl (C=O) groups is 2. The Morgan fingerprint density at radius 2 is 1.54 bits per heavy atom. The SMILES string of the molecule is COCCOc1cc2nccc(Oc3ccc(CC(=O)C4(C(=O)Cc5ccc(F)cc5)CC4)cc3)c2nc1C. The molecule has 8 heteroatoms. The fourth-order valence-corrected chi connectivity index (χ4v) is 4.54. The summed E-state index contributed by atoms with van der Waals surface area (Å²) in [7, 11) is 1.62. The fraction of sp³-hybridized carbons (Fsp3) is 0.290. The van der Waals surface area contributed by atoms with E-state index in [1.54, 1.807) is 43.6 Å². The minimum Gasteiger partial charge on any atom is -0.489 e. The number of ether oxygens (including phenoxy) is 3. The van der Waals surface area contributed by atoms with Crippen molar-refractivity contribution in [3.8, 4) is 17.2 Å². The number of fused-ring (bicyclic) bond motifs is 1. The molecule has 0 amide bonds. The van der Waals surface area contributed by atoms with Crippen molar-refractivity contribution in [2.45, 2.75) is 32.6 Å². The van der Waals surface area contributed by atoms with Crippen LogP contribution in [0.4, 0.5) is 4.39 Å². The number of ketones is 2. The molecule has 2 heterocycles. The van der Waals surface area contributed by atoms with Crippen molar-refractivity contribution in [2.24, 2.45) is 5.41 Å². The summed E-state index contributed by atoms with van der Waals surface area (Å²) in [5.74, 6) is 1.26. The van der Waals surface area contributed by atoms with E-state index >= 15 is 0 Å². The highest BCUT2D eigenvalue weighted by atomic mass is 19.1. The van der Waals surface area contributed by atoms with Crippen LogP contribution in [-0.2, 0) is 27.2 Å². The maximum atomic E-state index is 13.2. The number of rotatable bonds is 12. The molecule has 1 aliphatic carbocycles. The molecule has 2 aromatic heterocycles. The van der Waals surface area contributed by atoms with E-state index in [1.807, 2.05) is 25.1 Å². The lowest BCUT2D eigenvalue weighted by molar-refractivity contribution is -0.133. The third-order valence-corrected chi connectivity index (χ3v) is 6.98. The van der Waals surface area contributed by atoms with Crippen molar-refractivity contribution >= 4 is 22.6 Å². The quantitative estimate of drug-likeness (QED) is 0.175. The van der Waals surface area contributed by atoms with Crippen molar-refractivity contribution in [3.63, 3.8) is 0 Å². The molecule has 0 unspecified atom stereocenters. The summed E-state index contributed by atoms with van der Waals surface area (Å²) >= 11 is 0. The van der Waals surface area contributed by atoms with Crippen LogP contribution in [0.3, 0.4) is 0 Å². The maximum Gasteiger partial charge on any atom is 0.156 e. The summed E-state index contributed by atoms with van der Waals surface area (Å²) in [6.45, 7) is 2.75. The molecule has 0 atom stereocenters. The highest BCUT2D eigenvalue weighted by molar-refractivity contribution is 6.10. The van der Waals surface area contributed by atoms with Gasteiger partial charge in [-0.15, -0.1) is 0 Å². The summed E-state index contributed by atoms with van der Waals surface area (Å²) < 4.78 is 30.1. The van der Waals surface area contributed by atoms with Crippen LogP contribution in [-0.4, -0.2) is 41.9 Å². The first kappa shape index (κ1) is 26.4. The first-order valence-electron chi connectivity index (χ1n) is 12.8. The second-order valence-corrected chi connectivity index (χ2v) is 9.74. The number of hydrogen-bond acceptors (Lipinski definition) is 7. The summed E-state index contributed by atoms with van der Waals surface area (Å²) in [5.41, 5.74) is 2.57. The number of aryl methyl sites for hydroxylation is 1.